The van der Waals surface area contributed by atoms with Crippen molar-refractivity contribution in [3.63, 3.8) is 0 Å². The van der Waals surface area contributed by atoms with Crippen LogP contribution >= 0.6 is 0 Å². The second kappa shape index (κ2) is 7.79. The zero-order valence-corrected chi connectivity index (χ0v) is 16.2. The summed E-state index contributed by atoms with van der Waals surface area (Å²) in [6.07, 6.45) is 5.06. The molecule has 1 amide bonds. The molecule has 1 aromatic carbocycles. The summed E-state index contributed by atoms with van der Waals surface area (Å²) in [5.74, 6) is 0.144. The SMILES string of the molecule is CC1CCN(C(=O)Cn2ccn3nc(-c4ccc(F)cc4)c(CO)c3c2=O)CC1. The van der Waals surface area contributed by atoms with Crippen molar-refractivity contribution in [1.29, 1.82) is 0 Å². The maximum absolute atomic E-state index is 13.2. The van der Waals surface area contributed by atoms with Gasteiger partial charge in [0.05, 0.1) is 12.3 Å². The molecule has 0 saturated carbocycles. The highest BCUT2D eigenvalue weighted by atomic mass is 19.1. The number of aromatic nitrogens is 3. The van der Waals surface area contributed by atoms with E-state index in [1.807, 2.05) is 0 Å². The van der Waals surface area contributed by atoms with Crippen molar-refractivity contribution in [3.05, 3.63) is 58.4 Å². The van der Waals surface area contributed by atoms with Crippen LogP contribution in [0.3, 0.4) is 0 Å². The Balaban J connectivity index is 1.69. The highest BCUT2D eigenvalue weighted by Crippen LogP contribution is 2.25. The largest absolute Gasteiger partial charge is 0.392 e. The number of fused-ring (bicyclic) bond motifs is 1. The predicted octanol–water partition coefficient (Wildman–Crippen LogP) is 2.05. The van der Waals surface area contributed by atoms with Gasteiger partial charge in [-0.1, -0.05) is 6.92 Å². The number of halogens is 1. The number of carbonyl (C=O) groups is 1. The first-order valence-corrected chi connectivity index (χ1v) is 9.73. The minimum Gasteiger partial charge on any atom is -0.392 e. The summed E-state index contributed by atoms with van der Waals surface area (Å²) in [5, 5.41) is 14.3. The van der Waals surface area contributed by atoms with Gasteiger partial charge in [0.15, 0.2) is 0 Å². The quantitative estimate of drug-likeness (QED) is 0.730. The lowest BCUT2D eigenvalue weighted by Gasteiger charge is -2.30. The third kappa shape index (κ3) is 3.67. The Hall–Kier alpha value is -3.00. The molecule has 0 bridgehead atoms. The van der Waals surface area contributed by atoms with Crippen LogP contribution in [0.15, 0.2) is 41.5 Å². The van der Waals surface area contributed by atoms with Gasteiger partial charge in [0.25, 0.3) is 5.56 Å². The Morgan fingerprint density at radius 2 is 1.90 bits per heavy atom. The van der Waals surface area contributed by atoms with Crippen molar-refractivity contribution in [2.24, 2.45) is 5.92 Å². The Morgan fingerprint density at radius 1 is 1.21 bits per heavy atom. The number of piperidine rings is 1. The molecule has 1 fully saturated rings. The Morgan fingerprint density at radius 3 is 2.55 bits per heavy atom. The van der Waals surface area contributed by atoms with E-state index >= 15 is 0 Å². The summed E-state index contributed by atoms with van der Waals surface area (Å²) in [6, 6.07) is 5.71. The number of hydrogen-bond donors (Lipinski definition) is 1. The van der Waals surface area contributed by atoms with Gasteiger partial charge in [-0.15, -0.1) is 0 Å². The van der Waals surface area contributed by atoms with Crippen LogP contribution in [0.4, 0.5) is 4.39 Å². The summed E-state index contributed by atoms with van der Waals surface area (Å²) in [7, 11) is 0. The van der Waals surface area contributed by atoms with Crippen molar-refractivity contribution in [2.75, 3.05) is 13.1 Å². The number of aliphatic hydroxyl groups excluding tert-OH is 1. The predicted molar refractivity (Wildman–Crippen MR) is 106 cm³/mol. The van der Waals surface area contributed by atoms with Crippen LogP contribution in [-0.2, 0) is 17.9 Å². The van der Waals surface area contributed by atoms with Gasteiger partial charge in [0, 0.05) is 36.6 Å². The average Bonchev–Trinajstić information content (AvgIpc) is 3.10. The maximum atomic E-state index is 13.2. The average molecular weight is 398 g/mol. The Kier molecular flexibility index (Phi) is 5.19. The number of rotatable bonds is 4. The van der Waals surface area contributed by atoms with Crippen LogP contribution in [0.5, 0.6) is 0 Å². The number of benzene rings is 1. The molecule has 3 aromatic rings. The van der Waals surface area contributed by atoms with Crippen LogP contribution in [0.2, 0.25) is 0 Å². The van der Waals surface area contributed by atoms with Crippen LogP contribution in [0, 0.1) is 11.7 Å². The molecule has 1 saturated heterocycles. The molecule has 0 spiro atoms. The lowest BCUT2D eigenvalue weighted by Crippen LogP contribution is -2.41. The summed E-state index contributed by atoms with van der Waals surface area (Å²) in [6.45, 7) is 3.15. The highest BCUT2D eigenvalue weighted by molar-refractivity contribution is 5.76. The normalized spacial score (nSPS) is 15.2. The Bertz CT molecular complexity index is 1100. The number of amides is 1. The molecule has 4 rings (SSSR count). The summed E-state index contributed by atoms with van der Waals surface area (Å²) < 4.78 is 16.0. The van der Waals surface area contributed by atoms with E-state index in [1.54, 1.807) is 23.2 Å². The number of nitrogens with zero attached hydrogens (tertiary/aromatic N) is 4. The first kappa shape index (κ1) is 19.3. The fourth-order valence-electron chi connectivity index (χ4n) is 3.77. The van der Waals surface area contributed by atoms with Crippen molar-refractivity contribution >= 4 is 11.4 Å². The smallest absolute Gasteiger partial charge is 0.277 e. The van der Waals surface area contributed by atoms with Crippen molar-refractivity contribution < 1.29 is 14.3 Å². The minimum absolute atomic E-state index is 0.0500. The second-order valence-corrected chi connectivity index (χ2v) is 7.58. The third-order valence-electron chi connectivity index (χ3n) is 5.58. The van der Waals surface area contributed by atoms with Gasteiger partial charge in [0.1, 0.15) is 17.9 Å². The van der Waals surface area contributed by atoms with E-state index in [-0.39, 0.29) is 23.8 Å². The molecule has 2 aromatic heterocycles. The van der Waals surface area contributed by atoms with E-state index in [1.165, 1.54) is 27.4 Å². The number of likely N-dealkylation sites (tertiary alicyclic amines) is 1. The topological polar surface area (TPSA) is 79.8 Å². The molecule has 152 valence electrons. The number of carbonyl (C=O) groups excluding carboxylic acids is 1. The molecule has 1 N–H and O–H groups in total. The molecule has 8 heteroatoms. The van der Waals surface area contributed by atoms with Crippen LogP contribution in [-0.4, -0.2) is 43.2 Å². The van der Waals surface area contributed by atoms with E-state index in [9.17, 15) is 19.1 Å². The summed E-state index contributed by atoms with van der Waals surface area (Å²) >= 11 is 0. The summed E-state index contributed by atoms with van der Waals surface area (Å²) in [5.41, 5.74) is 1.20. The highest BCUT2D eigenvalue weighted by Gasteiger charge is 2.22. The number of hydrogen-bond acceptors (Lipinski definition) is 4. The maximum Gasteiger partial charge on any atom is 0.277 e. The van der Waals surface area contributed by atoms with Gasteiger partial charge < -0.3 is 14.6 Å². The molecule has 29 heavy (non-hydrogen) atoms. The van der Waals surface area contributed by atoms with Gasteiger partial charge >= 0.3 is 0 Å². The van der Waals surface area contributed by atoms with Crippen molar-refractivity contribution in [3.8, 4) is 11.3 Å². The fourth-order valence-corrected chi connectivity index (χ4v) is 3.77. The molecule has 3 heterocycles. The standard InChI is InChI=1S/C21H23FN4O3/c1-14-6-8-24(9-7-14)18(28)12-25-10-11-26-20(21(25)29)17(13-27)19(23-26)15-2-4-16(22)5-3-15/h2-5,10-11,14,27H,6-9,12-13H2,1H3. The van der Waals surface area contributed by atoms with E-state index in [0.717, 1.165) is 12.8 Å². The zero-order valence-electron chi connectivity index (χ0n) is 16.2. The molecule has 7 nitrogen and oxygen atoms in total. The lowest BCUT2D eigenvalue weighted by atomic mass is 9.99. The fraction of sp³-hybridized carbons (Fsp3) is 0.381. The van der Waals surface area contributed by atoms with E-state index < -0.39 is 12.2 Å². The van der Waals surface area contributed by atoms with Gasteiger partial charge in [-0.3, -0.25) is 9.59 Å². The lowest BCUT2D eigenvalue weighted by molar-refractivity contribution is -0.133. The van der Waals surface area contributed by atoms with Crippen LogP contribution in [0.1, 0.15) is 25.3 Å². The molecule has 1 aliphatic rings. The van der Waals surface area contributed by atoms with E-state index in [2.05, 4.69) is 12.0 Å². The molecular weight excluding hydrogens is 375 g/mol. The van der Waals surface area contributed by atoms with Gasteiger partial charge in [-0.05, 0) is 43.0 Å². The third-order valence-corrected chi connectivity index (χ3v) is 5.58. The zero-order chi connectivity index (χ0) is 20.5. The van der Waals surface area contributed by atoms with Crippen LogP contribution in [0.25, 0.3) is 16.8 Å². The van der Waals surface area contributed by atoms with E-state index in [0.29, 0.717) is 35.8 Å². The Labute approximate surface area is 167 Å². The second-order valence-electron chi connectivity index (χ2n) is 7.58. The van der Waals surface area contributed by atoms with Crippen molar-refractivity contribution in [2.45, 2.75) is 32.9 Å². The van der Waals surface area contributed by atoms with Crippen molar-refractivity contribution in [1.82, 2.24) is 19.1 Å². The molecule has 0 unspecified atom stereocenters. The first-order valence-electron chi connectivity index (χ1n) is 9.73. The molecule has 0 atom stereocenters. The molecule has 1 aliphatic heterocycles. The van der Waals surface area contributed by atoms with Gasteiger partial charge in [-0.2, -0.15) is 5.10 Å². The van der Waals surface area contributed by atoms with Gasteiger partial charge in [0.2, 0.25) is 5.91 Å². The molecular formula is C21H23FN4O3. The van der Waals surface area contributed by atoms with Gasteiger partial charge in [-0.25, -0.2) is 8.91 Å². The van der Waals surface area contributed by atoms with E-state index in [4.69, 9.17) is 0 Å². The number of aliphatic hydroxyl groups is 1. The monoisotopic (exact) mass is 398 g/mol. The summed E-state index contributed by atoms with van der Waals surface area (Å²) in [4.78, 5) is 27.5. The molecule has 0 aliphatic carbocycles. The first-order chi connectivity index (χ1) is 14.0. The molecule has 0 radical (unpaired) electrons. The van der Waals surface area contributed by atoms with Crippen LogP contribution < -0.4 is 5.56 Å². The minimum atomic E-state index is -0.395.